The van der Waals surface area contributed by atoms with E-state index in [1.807, 2.05) is 0 Å². The molecule has 0 bridgehead atoms. The predicted octanol–water partition coefficient (Wildman–Crippen LogP) is 3.22. The average Bonchev–Trinajstić information content (AvgIpc) is 2.43. The van der Waals surface area contributed by atoms with Gasteiger partial charge in [0, 0.05) is 24.8 Å². The van der Waals surface area contributed by atoms with Crippen molar-refractivity contribution in [2.24, 2.45) is 5.92 Å². The number of anilines is 1. The maximum Gasteiger partial charge on any atom is 0.121 e. The van der Waals surface area contributed by atoms with E-state index in [4.69, 9.17) is 4.74 Å². The van der Waals surface area contributed by atoms with Crippen molar-refractivity contribution in [3.63, 3.8) is 0 Å². The van der Waals surface area contributed by atoms with E-state index in [0.717, 1.165) is 25.4 Å². The Morgan fingerprint density at radius 1 is 1.40 bits per heavy atom. The molecule has 0 spiro atoms. The zero-order valence-corrected chi connectivity index (χ0v) is 13.3. The molecule has 3 nitrogen and oxygen atoms in total. The van der Waals surface area contributed by atoms with Crippen LogP contribution >= 0.6 is 0 Å². The molecule has 1 saturated heterocycles. The van der Waals surface area contributed by atoms with Gasteiger partial charge in [-0.15, -0.1) is 0 Å². The second kappa shape index (κ2) is 6.98. The Labute approximate surface area is 123 Å². The number of hydrogen-bond acceptors (Lipinski definition) is 3. The molecule has 1 aliphatic heterocycles. The monoisotopic (exact) mass is 276 g/mol. The van der Waals surface area contributed by atoms with E-state index in [1.54, 1.807) is 7.11 Å². The minimum atomic E-state index is 0.652. The van der Waals surface area contributed by atoms with E-state index >= 15 is 0 Å². The molecule has 1 aliphatic rings. The Morgan fingerprint density at radius 3 is 2.85 bits per heavy atom. The van der Waals surface area contributed by atoms with Gasteiger partial charge in [-0.25, -0.2) is 0 Å². The second-order valence-corrected chi connectivity index (χ2v) is 6.01. The van der Waals surface area contributed by atoms with Crippen molar-refractivity contribution in [3.05, 3.63) is 23.8 Å². The zero-order valence-electron chi connectivity index (χ0n) is 13.3. The maximum atomic E-state index is 5.36. The van der Waals surface area contributed by atoms with Crippen LogP contribution in [0.2, 0.25) is 0 Å². The molecule has 112 valence electrons. The first-order valence-electron chi connectivity index (χ1n) is 7.77. The van der Waals surface area contributed by atoms with Crippen LogP contribution in [0.1, 0.15) is 32.3 Å². The smallest absolute Gasteiger partial charge is 0.121 e. The van der Waals surface area contributed by atoms with Gasteiger partial charge in [-0.05, 0) is 56.0 Å². The Kier molecular flexibility index (Phi) is 5.30. The van der Waals surface area contributed by atoms with E-state index in [-0.39, 0.29) is 0 Å². The van der Waals surface area contributed by atoms with Crippen LogP contribution in [0.25, 0.3) is 0 Å². The Morgan fingerprint density at radius 2 is 2.20 bits per heavy atom. The van der Waals surface area contributed by atoms with Crippen LogP contribution in [0, 0.1) is 12.8 Å². The van der Waals surface area contributed by atoms with Crippen LogP contribution in [-0.4, -0.2) is 32.8 Å². The van der Waals surface area contributed by atoms with Crippen LogP contribution in [0.3, 0.4) is 0 Å². The highest BCUT2D eigenvalue weighted by Gasteiger charge is 2.18. The maximum absolute atomic E-state index is 5.36. The van der Waals surface area contributed by atoms with Gasteiger partial charge in [-0.2, -0.15) is 0 Å². The topological polar surface area (TPSA) is 24.5 Å². The standard InChI is InChI=1S/C17H28N2O/c1-5-15-8-9-19(12-13(2)11-18-15)16-6-7-17(20-4)14(3)10-16/h6-7,10,13,15,18H,5,8-9,11-12H2,1-4H3. The lowest BCUT2D eigenvalue weighted by Crippen LogP contribution is -2.43. The highest BCUT2D eigenvalue weighted by molar-refractivity contribution is 5.53. The molecule has 2 unspecified atom stereocenters. The lowest BCUT2D eigenvalue weighted by atomic mass is 10.0. The Bertz CT molecular complexity index is 433. The summed E-state index contributed by atoms with van der Waals surface area (Å²) in [6.07, 6.45) is 2.43. The van der Waals surface area contributed by atoms with E-state index in [2.05, 4.69) is 49.2 Å². The van der Waals surface area contributed by atoms with Gasteiger partial charge in [0.2, 0.25) is 0 Å². The first kappa shape index (κ1) is 15.2. The average molecular weight is 276 g/mol. The van der Waals surface area contributed by atoms with Gasteiger partial charge < -0.3 is 15.0 Å². The quantitative estimate of drug-likeness (QED) is 0.917. The van der Waals surface area contributed by atoms with E-state index < -0.39 is 0 Å². The van der Waals surface area contributed by atoms with Crippen LogP contribution in [0.5, 0.6) is 5.75 Å². The number of benzene rings is 1. The van der Waals surface area contributed by atoms with Crippen LogP contribution in [-0.2, 0) is 0 Å². The summed E-state index contributed by atoms with van der Waals surface area (Å²) in [6, 6.07) is 7.18. The minimum absolute atomic E-state index is 0.652. The number of nitrogens with zero attached hydrogens (tertiary/aromatic N) is 1. The molecule has 1 aromatic carbocycles. The summed E-state index contributed by atoms with van der Waals surface area (Å²) in [7, 11) is 1.73. The molecule has 2 atom stereocenters. The number of hydrogen-bond donors (Lipinski definition) is 1. The molecule has 0 saturated carbocycles. The summed E-state index contributed by atoms with van der Waals surface area (Å²) in [6.45, 7) is 10.1. The van der Waals surface area contributed by atoms with E-state index in [0.29, 0.717) is 12.0 Å². The van der Waals surface area contributed by atoms with Crippen LogP contribution in [0.4, 0.5) is 5.69 Å². The van der Waals surface area contributed by atoms with Crippen LogP contribution < -0.4 is 15.0 Å². The molecule has 1 fully saturated rings. The van der Waals surface area contributed by atoms with Crippen LogP contribution in [0.15, 0.2) is 18.2 Å². The summed E-state index contributed by atoms with van der Waals surface area (Å²) in [5.74, 6) is 1.65. The third-order valence-electron chi connectivity index (χ3n) is 4.27. The lowest BCUT2D eigenvalue weighted by molar-refractivity contribution is 0.387. The molecule has 1 N–H and O–H groups in total. The number of nitrogens with one attached hydrogen (secondary N) is 1. The third kappa shape index (κ3) is 3.66. The van der Waals surface area contributed by atoms with Gasteiger partial charge >= 0.3 is 0 Å². The highest BCUT2D eigenvalue weighted by Crippen LogP contribution is 2.25. The fraction of sp³-hybridized carbons (Fsp3) is 0.647. The summed E-state index contributed by atoms with van der Waals surface area (Å²) in [4.78, 5) is 2.53. The number of rotatable bonds is 3. The molecule has 0 radical (unpaired) electrons. The molecule has 1 heterocycles. The van der Waals surface area contributed by atoms with Gasteiger partial charge in [-0.1, -0.05) is 13.8 Å². The van der Waals surface area contributed by atoms with Crippen molar-refractivity contribution in [2.75, 3.05) is 31.6 Å². The van der Waals surface area contributed by atoms with Crippen molar-refractivity contribution in [3.8, 4) is 5.75 Å². The highest BCUT2D eigenvalue weighted by atomic mass is 16.5. The van der Waals surface area contributed by atoms with Gasteiger partial charge in [0.1, 0.15) is 5.75 Å². The fourth-order valence-electron chi connectivity index (χ4n) is 2.96. The van der Waals surface area contributed by atoms with Gasteiger partial charge in [0.25, 0.3) is 0 Å². The lowest BCUT2D eigenvalue weighted by Gasteiger charge is -2.34. The minimum Gasteiger partial charge on any atom is -0.496 e. The van der Waals surface area contributed by atoms with Gasteiger partial charge in [-0.3, -0.25) is 0 Å². The fourth-order valence-corrected chi connectivity index (χ4v) is 2.96. The summed E-state index contributed by atoms with van der Waals surface area (Å²) < 4.78 is 5.36. The molecular formula is C17H28N2O. The third-order valence-corrected chi connectivity index (χ3v) is 4.27. The van der Waals surface area contributed by atoms with Gasteiger partial charge in [0.15, 0.2) is 0 Å². The van der Waals surface area contributed by atoms with Crippen molar-refractivity contribution in [1.82, 2.24) is 5.32 Å². The van der Waals surface area contributed by atoms with Crippen molar-refractivity contribution in [1.29, 1.82) is 0 Å². The van der Waals surface area contributed by atoms with Crippen molar-refractivity contribution >= 4 is 5.69 Å². The first-order chi connectivity index (χ1) is 9.63. The first-order valence-corrected chi connectivity index (χ1v) is 7.77. The molecule has 0 amide bonds. The SMILES string of the molecule is CCC1CCN(c2ccc(OC)c(C)c2)CC(C)CN1. The number of methoxy groups -OCH3 is 1. The molecule has 0 aromatic heterocycles. The normalized spacial score (nSPS) is 24.1. The van der Waals surface area contributed by atoms with E-state index in [9.17, 15) is 0 Å². The molecule has 1 aromatic rings. The largest absolute Gasteiger partial charge is 0.496 e. The number of ether oxygens (including phenoxy) is 1. The summed E-state index contributed by atoms with van der Waals surface area (Å²) >= 11 is 0. The molecule has 3 heteroatoms. The van der Waals surface area contributed by atoms with E-state index in [1.165, 1.54) is 24.1 Å². The van der Waals surface area contributed by atoms with Crippen molar-refractivity contribution in [2.45, 2.75) is 39.7 Å². The number of aryl methyl sites for hydroxylation is 1. The molecule has 0 aliphatic carbocycles. The van der Waals surface area contributed by atoms with Crippen molar-refractivity contribution < 1.29 is 4.74 Å². The zero-order chi connectivity index (χ0) is 14.5. The van der Waals surface area contributed by atoms with Gasteiger partial charge in [0.05, 0.1) is 7.11 Å². The second-order valence-electron chi connectivity index (χ2n) is 6.01. The molecule has 2 rings (SSSR count). The molecular weight excluding hydrogens is 248 g/mol. The Balaban J connectivity index is 2.14. The predicted molar refractivity (Wildman–Crippen MR) is 85.8 cm³/mol. The summed E-state index contributed by atoms with van der Waals surface area (Å²) in [5, 5.41) is 3.68. The molecule has 20 heavy (non-hydrogen) atoms. The summed E-state index contributed by atoms with van der Waals surface area (Å²) in [5.41, 5.74) is 2.54. The Hall–Kier alpha value is -1.22.